The third-order valence-electron chi connectivity index (χ3n) is 4.82. The summed E-state index contributed by atoms with van der Waals surface area (Å²) in [7, 11) is 0. The summed E-state index contributed by atoms with van der Waals surface area (Å²) in [5.41, 5.74) is 7.93. The van der Waals surface area contributed by atoms with Crippen LogP contribution in [0.5, 0.6) is 0 Å². The SMILES string of the molecule is NCCC1(CCc2csc3ccccc23)CCCC1. The van der Waals surface area contributed by atoms with Crippen molar-refractivity contribution in [3.05, 3.63) is 35.2 Å². The Kier molecular flexibility index (Phi) is 3.90. The second-order valence-corrected chi connectivity index (χ2v) is 6.91. The van der Waals surface area contributed by atoms with Gasteiger partial charge in [-0.15, -0.1) is 11.3 Å². The van der Waals surface area contributed by atoms with Crippen LogP contribution < -0.4 is 5.73 Å². The van der Waals surface area contributed by atoms with Gasteiger partial charge in [0.15, 0.2) is 0 Å². The zero-order chi connectivity index (χ0) is 13.1. The maximum atomic E-state index is 5.84. The lowest BCUT2D eigenvalue weighted by atomic mass is 9.77. The van der Waals surface area contributed by atoms with Gasteiger partial charge in [-0.1, -0.05) is 31.0 Å². The molecule has 1 aromatic heterocycles. The van der Waals surface area contributed by atoms with E-state index in [1.54, 1.807) is 5.56 Å². The highest BCUT2D eigenvalue weighted by Gasteiger charge is 2.32. The van der Waals surface area contributed by atoms with E-state index in [1.807, 2.05) is 11.3 Å². The second kappa shape index (κ2) is 5.64. The summed E-state index contributed by atoms with van der Waals surface area (Å²) in [5.74, 6) is 0. The van der Waals surface area contributed by atoms with Crippen LogP contribution >= 0.6 is 11.3 Å². The largest absolute Gasteiger partial charge is 0.330 e. The third kappa shape index (κ3) is 2.70. The first-order chi connectivity index (χ1) is 9.33. The molecule has 0 amide bonds. The zero-order valence-electron chi connectivity index (χ0n) is 11.5. The third-order valence-corrected chi connectivity index (χ3v) is 5.84. The summed E-state index contributed by atoms with van der Waals surface area (Å²) in [4.78, 5) is 0. The Hall–Kier alpha value is -0.860. The summed E-state index contributed by atoms with van der Waals surface area (Å²) in [6.07, 6.45) is 9.37. The second-order valence-electron chi connectivity index (χ2n) is 6.00. The average Bonchev–Trinajstić information content (AvgIpc) is 3.04. The molecule has 102 valence electrons. The number of hydrogen-bond acceptors (Lipinski definition) is 2. The molecule has 0 unspecified atom stereocenters. The molecule has 0 spiro atoms. The maximum absolute atomic E-state index is 5.84. The van der Waals surface area contributed by atoms with E-state index in [-0.39, 0.29) is 0 Å². The van der Waals surface area contributed by atoms with Gasteiger partial charge in [-0.3, -0.25) is 0 Å². The van der Waals surface area contributed by atoms with E-state index >= 15 is 0 Å². The Morgan fingerprint density at radius 3 is 2.68 bits per heavy atom. The van der Waals surface area contributed by atoms with Crippen LogP contribution in [0.25, 0.3) is 10.1 Å². The van der Waals surface area contributed by atoms with Gasteiger partial charge >= 0.3 is 0 Å². The quantitative estimate of drug-likeness (QED) is 0.836. The molecule has 0 aliphatic heterocycles. The Balaban J connectivity index is 1.74. The fourth-order valence-corrected chi connectivity index (χ4v) is 4.68. The van der Waals surface area contributed by atoms with Crippen LogP contribution in [0.2, 0.25) is 0 Å². The summed E-state index contributed by atoms with van der Waals surface area (Å²) in [6, 6.07) is 8.79. The molecule has 1 saturated carbocycles. The number of aryl methyl sites for hydroxylation is 1. The van der Waals surface area contributed by atoms with E-state index in [2.05, 4.69) is 29.6 Å². The number of fused-ring (bicyclic) bond motifs is 1. The topological polar surface area (TPSA) is 26.0 Å². The molecule has 1 aliphatic carbocycles. The Morgan fingerprint density at radius 1 is 1.11 bits per heavy atom. The van der Waals surface area contributed by atoms with Gasteiger partial charge in [-0.2, -0.15) is 0 Å². The molecule has 2 aromatic rings. The molecule has 19 heavy (non-hydrogen) atoms. The molecule has 0 radical (unpaired) electrons. The van der Waals surface area contributed by atoms with Gasteiger partial charge in [0, 0.05) is 4.70 Å². The molecule has 1 fully saturated rings. The van der Waals surface area contributed by atoms with E-state index in [0.29, 0.717) is 5.41 Å². The summed E-state index contributed by atoms with van der Waals surface area (Å²) >= 11 is 1.88. The highest BCUT2D eigenvalue weighted by molar-refractivity contribution is 7.17. The lowest BCUT2D eigenvalue weighted by Gasteiger charge is -2.28. The monoisotopic (exact) mass is 273 g/mol. The predicted molar refractivity (Wildman–Crippen MR) is 84.7 cm³/mol. The lowest BCUT2D eigenvalue weighted by Crippen LogP contribution is -2.21. The molecule has 2 heteroatoms. The Labute approximate surface area is 119 Å². The van der Waals surface area contributed by atoms with Crippen LogP contribution in [0.15, 0.2) is 29.6 Å². The minimum absolute atomic E-state index is 0.553. The molecular formula is C17H23NS. The van der Waals surface area contributed by atoms with Gasteiger partial charge in [0.2, 0.25) is 0 Å². The van der Waals surface area contributed by atoms with Crippen LogP contribution in [-0.2, 0) is 6.42 Å². The van der Waals surface area contributed by atoms with Crippen molar-refractivity contribution in [2.24, 2.45) is 11.1 Å². The number of rotatable bonds is 5. The first-order valence-electron chi connectivity index (χ1n) is 7.48. The highest BCUT2D eigenvalue weighted by atomic mass is 32.1. The normalized spacial score (nSPS) is 18.2. The average molecular weight is 273 g/mol. The fourth-order valence-electron chi connectivity index (χ4n) is 3.68. The van der Waals surface area contributed by atoms with E-state index in [1.165, 1.54) is 55.0 Å². The van der Waals surface area contributed by atoms with Gasteiger partial charge in [0.1, 0.15) is 0 Å². The van der Waals surface area contributed by atoms with Gasteiger partial charge in [0.05, 0.1) is 0 Å². The number of nitrogens with two attached hydrogens (primary N) is 1. The minimum atomic E-state index is 0.553. The Bertz CT molecular complexity index is 537. The van der Waals surface area contributed by atoms with E-state index < -0.39 is 0 Å². The molecule has 0 atom stereocenters. The summed E-state index contributed by atoms with van der Waals surface area (Å²) in [5, 5.41) is 3.82. The molecule has 1 aliphatic rings. The highest BCUT2D eigenvalue weighted by Crippen LogP contribution is 2.45. The Morgan fingerprint density at radius 2 is 1.89 bits per heavy atom. The van der Waals surface area contributed by atoms with Crippen LogP contribution in [0.1, 0.15) is 44.1 Å². The maximum Gasteiger partial charge on any atom is 0.0345 e. The van der Waals surface area contributed by atoms with Crippen molar-refractivity contribution in [3.8, 4) is 0 Å². The minimum Gasteiger partial charge on any atom is -0.330 e. The van der Waals surface area contributed by atoms with E-state index in [9.17, 15) is 0 Å². The number of thiophene rings is 1. The zero-order valence-corrected chi connectivity index (χ0v) is 12.3. The predicted octanol–water partition coefficient (Wildman–Crippen LogP) is 4.74. The van der Waals surface area contributed by atoms with Crippen LogP contribution in [0, 0.1) is 5.41 Å². The first-order valence-corrected chi connectivity index (χ1v) is 8.36. The molecule has 1 heterocycles. The van der Waals surface area contributed by atoms with Crippen LogP contribution in [-0.4, -0.2) is 6.54 Å². The number of hydrogen-bond donors (Lipinski definition) is 1. The van der Waals surface area contributed by atoms with Crippen LogP contribution in [0.3, 0.4) is 0 Å². The van der Waals surface area contributed by atoms with Gasteiger partial charge in [0.25, 0.3) is 0 Å². The van der Waals surface area contributed by atoms with Gasteiger partial charge in [-0.05, 0) is 66.5 Å². The van der Waals surface area contributed by atoms with Gasteiger partial charge in [-0.25, -0.2) is 0 Å². The molecule has 2 N–H and O–H groups in total. The van der Waals surface area contributed by atoms with E-state index in [0.717, 1.165) is 6.54 Å². The van der Waals surface area contributed by atoms with Crippen molar-refractivity contribution in [2.45, 2.75) is 44.9 Å². The van der Waals surface area contributed by atoms with Crippen molar-refractivity contribution in [2.75, 3.05) is 6.54 Å². The first kappa shape index (κ1) is 13.1. The van der Waals surface area contributed by atoms with Crippen molar-refractivity contribution >= 4 is 21.4 Å². The molecule has 3 rings (SSSR count). The van der Waals surface area contributed by atoms with Crippen molar-refractivity contribution in [1.82, 2.24) is 0 Å². The molecule has 1 nitrogen and oxygen atoms in total. The van der Waals surface area contributed by atoms with Crippen molar-refractivity contribution in [1.29, 1.82) is 0 Å². The number of benzene rings is 1. The lowest BCUT2D eigenvalue weighted by molar-refractivity contribution is 0.253. The standard InChI is InChI=1S/C17H23NS/c18-12-11-17(8-3-4-9-17)10-7-14-13-19-16-6-2-1-5-15(14)16/h1-2,5-6,13H,3-4,7-12,18H2. The van der Waals surface area contributed by atoms with Crippen LogP contribution in [0.4, 0.5) is 0 Å². The summed E-state index contributed by atoms with van der Waals surface area (Å²) < 4.78 is 1.43. The van der Waals surface area contributed by atoms with E-state index in [4.69, 9.17) is 5.73 Å². The summed E-state index contributed by atoms with van der Waals surface area (Å²) in [6.45, 7) is 0.852. The molecule has 1 aromatic carbocycles. The smallest absolute Gasteiger partial charge is 0.0345 e. The molecule has 0 bridgehead atoms. The molecule has 0 saturated heterocycles. The fraction of sp³-hybridized carbons (Fsp3) is 0.529. The van der Waals surface area contributed by atoms with Gasteiger partial charge < -0.3 is 5.73 Å². The van der Waals surface area contributed by atoms with Crippen molar-refractivity contribution in [3.63, 3.8) is 0 Å². The molecular weight excluding hydrogens is 250 g/mol. The van der Waals surface area contributed by atoms with Crippen molar-refractivity contribution < 1.29 is 0 Å².